The minimum absolute atomic E-state index is 0. The van der Waals surface area contributed by atoms with Crippen LogP contribution in [-0.2, 0) is 9.59 Å². The quantitative estimate of drug-likeness (QED) is 0.805. The van der Waals surface area contributed by atoms with E-state index in [1.807, 2.05) is 23.1 Å². The van der Waals surface area contributed by atoms with Crippen molar-refractivity contribution in [3.8, 4) is 0 Å². The van der Waals surface area contributed by atoms with Gasteiger partial charge in [0, 0.05) is 31.2 Å². The van der Waals surface area contributed by atoms with Crippen LogP contribution in [-0.4, -0.2) is 58.9 Å². The molecular weight excluding hydrogens is 394 g/mol. The van der Waals surface area contributed by atoms with E-state index >= 15 is 0 Å². The second kappa shape index (κ2) is 9.51. The zero-order chi connectivity index (χ0) is 19.6. The number of benzene rings is 1. The number of carbonyl (C=O) groups is 2. The molecule has 3 atom stereocenters. The summed E-state index contributed by atoms with van der Waals surface area (Å²) in [6.07, 6.45) is 0.468. The minimum Gasteiger partial charge on any atom is -0.340 e. The number of likely N-dealkylation sites (tertiary alicyclic amines) is 1. The Hall–Kier alpha value is -1.24. The highest BCUT2D eigenvalue weighted by Gasteiger charge is 2.42. The van der Waals surface area contributed by atoms with Gasteiger partial charge in [0.1, 0.15) is 6.04 Å². The summed E-state index contributed by atoms with van der Waals surface area (Å²) in [4.78, 5) is 29.7. The van der Waals surface area contributed by atoms with Gasteiger partial charge in [-0.1, -0.05) is 51.1 Å². The fraction of sp³-hybridized carbons (Fsp3) is 0.619. The van der Waals surface area contributed by atoms with Crippen LogP contribution in [0, 0.1) is 11.3 Å². The fourth-order valence-corrected chi connectivity index (χ4v) is 5.20. The number of hydrogen-bond acceptors (Lipinski definition) is 4. The average molecular weight is 426 g/mol. The van der Waals surface area contributed by atoms with Gasteiger partial charge in [0.15, 0.2) is 0 Å². The zero-order valence-electron chi connectivity index (χ0n) is 17.0. The summed E-state index contributed by atoms with van der Waals surface area (Å²) in [5.41, 5.74) is 7.18. The van der Waals surface area contributed by atoms with Crippen LogP contribution in [0.5, 0.6) is 0 Å². The van der Waals surface area contributed by atoms with Gasteiger partial charge in [0.2, 0.25) is 11.8 Å². The summed E-state index contributed by atoms with van der Waals surface area (Å²) in [5, 5.41) is 0. The first-order valence-electron chi connectivity index (χ1n) is 9.71. The number of thioether (sulfide) groups is 1. The molecule has 1 aromatic carbocycles. The van der Waals surface area contributed by atoms with Crippen LogP contribution in [0.25, 0.3) is 0 Å². The minimum atomic E-state index is -0.335. The SMILES string of the molecule is CC(C)(C)CC(=O)N1CSCC1C(=O)N1C[C@@H](CN)[C@H](c2ccccc2)C1.Cl. The summed E-state index contributed by atoms with van der Waals surface area (Å²) in [6, 6.07) is 9.98. The summed E-state index contributed by atoms with van der Waals surface area (Å²) in [6.45, 7) is 8.10. The van der Waals surface area contributed by atoms with E-state index in [1.54, 1.807) is 16.7 Å². The lowest BCUT2D eigenvalue weighted by atomic mass is 9.89. The first kappa shape index (κ1) is 23.0. The van der Waals surface area contributed by atoms with Crippen molar-refractivity contribution in [2.75, 3.05) is 31.3 Å². The van der Waals surface area contributed by atoms with Gasteiger partial charge in [-0.3, -0.25) is 9.59 Å². The number of amides is 2. The molecule has 0 radical (unpaired) electrons. The van der Waals surface area contributed by atoms with E-state index in [4.69, 9.17) is 5.73 Å². The van der Waals surface area contributed by atoms with Gasteiger partial charge < -0.3 is 15.5 Å². The van der Waals surface area contributed by atoms with Crippen LogP contribution < -0.4 is 5.73 Å². The second-order valence-corrected chi connectivity index (χ2v) is 9.87. The molecule has 28 heavy (non-hydrogen) atoms. The Bertz CT molecular complexity index is 680. The molecule has 7 heteroatoms. The molecular formula is C21H32ClN3O2S. The number of hydrogen-bond donors (Lipinski definition) is 1. The molecule has 0 saturated carbocycles. The molecule has 2 fully saturated rings. The molecule has 2 amide bonds. The Morgan fingerprint density at radius 1 is 1.18 bits per heavy atom. The lowest BCUT2D eigenvalue weighted by molar-refractivity contribution is -0.143. The molecule has 1 unspecified atom stereocenters. The van der Waals surface area contributed by atoms with Crippen LogP contribution in [0.4, 0.5) is 0 Å². The molecule has 2 N–H and O–H groups in total. The molecule has 0 aromatic heterocycles. The van der Waals surface area contributed by atoms with E-state index in [0.29, 0.717) is 37.7 Å². The van der Waals surface area contributed by atoms with Gasteiger partial charge in [-0.15, -0.1) is 24.2 Å². The molecule has 0 spiro atoms. The first-order valence-corrected chi connectivity index (χ1v) is 10.9. The summed E-state index contributed by atoms with van der Waals surface area (Å²) in [5.74, 6) is 2.01. The largest absolute Gasteiger partial charge is 0.340 e. The predicted molar refractivity (Wildman–Crippen MR) is 118 cm³/mol. The van der Waals surface area contributed by atoms with E-state index in [9.17, 15) is 9.59 Å². The van der Waals surface area contributed by atoms with Crippen molar-refractivity contribution in [1.29, 1.82) is 0 Å². The average Bonchev–Trinajstić information content (AvgIpc) is 3.27. The Morgan fingerprint density at radius 3 is 2.46 bits per heavy atom. The molecule has 5 nitrogen and oxygen atoms in total. The van der Waals surface area contributed by atoms with Crippen molar-refractivity contribution >= 4 is 36.0 Å². The molecule has 156 valence electrons. The first-order chi connectivity index (χ1) is 12.8. The maximum atomic E-state index is 13.2. The second-order valence-electron chi connectivity index (χ2n) is 8.87. The van der Waals surface area contributed by atoms with E-state index in [2.05, 4.69) is 32.9 Å². The highest BCUT2D eigenvalue weighted by Crippen LogP contribution is 2.34. The van der Waals surface area contributed by atoms with Gasteiger partial charge in [-0.25, -0.2) is 0 Å². The van der Waals surface area contributed by atoms with Gasteiger partial charge in [-0.05, 0) is 23.4 Å². The van der Waals surface area contributed by atoms with Gasteiger partial charge in [0.05, 0.1) is 5.88 Å². The molecule has 2 aliphatic heterocycles. The van der Waals surface area contributed by atoms with E-state index in [0.717, 1.165) is 0 Å². The van der Waals surface area contributed by atoms with Crippen molar-refractivity contribution in [1.82, 2.24) is 9.80 Å². The van der Waals surface area contributed by atoms with Gasteiger partial charge in [-0.2, -0.15) is 0 Å². The Labute approximate surface area is 178 Å². The Kier molecular flexibility index (Phi) is 7.82. The van der Waals surface area contributed by atoms with Crippen LogP contribution in [0.3, 0.4) is 0 Å². The van der Waals surface area contributed by atoms with Crippen molar-refractivity contribution in [2.24, 2.45) is 17.1 Å². The highest BCUT2D eigenvalue weighted by atomic mass is 35.5. The third-order valence-electron chi connectivity index (χ3n) is 5.45. The van der Waals surface area contributed by atoms with E-state index < -0.39 is 0 Å². The molecule has 0 bridgehead atoms. The fourth-order valence-electron chi connectivity index (χ4n) is 4.03. The molecule has 2 saturated heterocycles. The van der Waals surface area contributed by atoms with Crippen molar-refractivity contribution in [3.05, 3.63) is 35.9 Å². The third-order valence-corrected chi connectivity index (χ3v) is 6.46. The highest BCUT2D eigenvalue weighted by molar-refractivity contribution is 7.99. The monoisotopic (exact) mass is 425 g/mol. The number of rotatable bonds is 4. The number of nitrogens with zero attached hydrogens (tertiary/aromatic N) is 2. The van der Waals surface area contributed by atoms with Crippen molar-refractivity contribution in [2.45, 2.75) is 39.2 Å². The van der Waals surface area contributed by atoms with Crippen LogP contribution in [0.1, 0.15) is 38.7 Å². The lowest BCUT2D eigenvalue weighted by Crippen LogP contribution is -2.49. The number of carbonyl (C=O) groups excluding carboxylic acids is 2. The molecule has 2 heterocycles. The number of halogens is 1. The van der Waals surface area contributed by atoms with Crippen molar-refractivity contribution in [3.63, 3.8) is 0 Å². The normalized spacial score (nSPS) is 24.9. The zero-order valence-corrected chi connectivity index (χ0v) is 18.6. The lowest BCUT2D eigenvalue weighted by Gasteiger charge is -2.29. The third kappa shape index (κ3) is 5.22. The summed E-state index contributed by atoms with van der Waals surface area (Å²) >= 11 is 1.67. The molecule has 2 aliphatic rings. The molecule has 0 aliphatic carbocycles. The topological polar surface area (TPSA) is 66.6 Å². The molecule has 1 aromatic rings. The van der Waals surface area contributed by atoms with E-state index in [-0.39, 0.29) is 47.5 Å². The van der Waals surface area contributed by atoms with Gasteiger partial charge in [0.25, 0.3) is 0 Å². The maximum Gasteiger partial charge on any atom is 0.246 e. The predicted octanol–water partition coefficient (Wildman–Crippen LogP) is 2.95. The smallest absolute Gasteiger partial charge is 0.246 e. The number of nitrogens with two attached hydrogens (primary N) is 1. The maximum absolute atomic E-state index is 13.2. The summed E-state index contributed by atoms with van der Waals surface area (Å²) in [7, 11) is 0. The Morgan fingerprint density at radius 2 is 1.86 bits per heavy atom. The van der Waals surface area contributed by atoms with Crippen LogP contribution >= 0.6 is 24.2 Å². The standard InChI is InChI=1S/C21H31N3O2S.ClH/c1-21(2,3)9-19(25)24-14-27-13-18(24)20(26)23-11-16(10-22)17(12-23)15-7-5-4-6-8-15;/h4-8,16-18H,9-14,22H2,1-3H3;1H/t16-,17+,18?;/m1./s1. The molecule has 3 rings (SSSR count). The Balaban J connectivity index is 0.00000280. The van der Waals surface area contributed by atoms with Crippen molar-refractivity contribution < 1.29 is 9.59 Å². The summed E-state index contributed by atoms with van der Waals surface area (Å²) < 4.78 is 0. The van der Waals surface area contributed by atoms with Crippen LogP contribution in [0.15, 0.2) is 30.3 Å². The van der Waals surface area contributed by atoms with E-state index in [1.165, 1.54) is 5.56 Å². The van der Waals surface area contributed by atoms with Gasteiger partial charge >= 0.3 is 0 Å². The van der Waals surface area contributed by atoms with Crippen LogP contribution in [0.2, 0.25) is 0 Å².